The molecule has 3 rings (SSSR count). The first-order valence-electron chi connectivity index (χ1n) is 7.75. The first-order chi connectivity index (χ1) is 11.0. The predicted octanol–water partition coefficient (Wildman–Crippen LogP) is 0.348. The van der Waals surface area contributed by atoms with Crippen molar-refractivity contribution in [3.8, 4) is 5.75 Å². The Morgan fingerprint density at radius 2 is 2.09 bits per heavy atom. The van der Waals surface area contributed by atoms with Gasteiger partial charge in [0.25, 0.3) is 0 Å². The second-order valence-corrected chi connectivity index (χ2v) is 6.10. The van der Waals surface area contributed by atoms with Gasteiger partial charge in [0, 0.05) is 24.0 Å². The van der Waals surface area contributed by atoms with E-state index in [-0.39, 0.29) is 23.9 Å². The van der Waals surface area contributed by atoms with E-state index < -0.39 is 18.3 Å². The van der Waals surface area contributed by atoms with Gasteiger partial charge in [-0.1, -0.05) is 18.2 Å². The Kier molecular flexibility index (Phi) is 4.39. The number of benzene rings is 1. The number of aliphatic hydroxyl groups is 3. The highest BCUT2D eigenvalue weighted by molar-refractivity contribution is 5.94. The summed E-state index contributed by atoms with van der Waals surface area (Å²) in [5, 5.41) is 31.9. The van der Waals surface area contributed by atoms with E-state index in [4.69, 9.17) is 4.74 Å². The molecule has 1 amide bonds. The topological polar surface area (TPSA) is 99.0 Å². The average Bonchev–Trinajstić information content (AvgIpc) is 2.53. The number of aliphatic hydroxyl groups excluding tert-OH is 3. The Bertz CT molecular complexity index is 642. The molecule has 6 heteroatoms. The third kappa shape index (κ3) is 3.10. The van der Waals surface area contributed by atoms with E-state index in [1.807, 2.05) is 25.1 Å². The molecule has 1 heterocycles. The van der Waals surface area contributed by atoms with E-state index in [2.05, 4.69) is 5.32 Å². The maximum Gasteiger partial charge on any atom is 0.247 e. The van der Waals surface area contributed by atoms with E-state index in [0.29, 0.717) is 13.0 Å². The number of carbonyl (C=O) groups excluding carboxylic acids is 1. The highest BCUT2D eigenvalue weighted by Crippen LogP contribution is 2.34. The molecule has 0 saturated heterocycles. The molecule has 124 valence electrons. The predicted molar refractivity (Wildman–Crippen MR) is 82.9 cm³/mol. The van der Waals surface area contributed by atoms with Crippen LogP contribution in [0.25, 0.3) is 0 Å². The number of hydrogen-bond acceptors (Lipinski definition) is 5. The van der Waals surface area contributed by atoms with Crippen LogP contribution in [0.15, 0.2) is 29.8 Å². The Hall–Kier alpha value is -1.89. The van der Waals surface area contributed by atoms with Gasteiger partial charge in [-0.3, -0.25) is 4.79 Å². The lowest BCUT2D eigenvalue weighted by molar-refractivity contribution is -0.120. The molecule has 6 nitrogen and oxygen atoms in total. The number of nitrogens with one attached hydrogen (secondary N) is 1. The molecule has 4 N–H and O–H groups in total. The van der Waals surface area contributed by atoms with E-state index in [0.717, 1.165) is 16.9 Å². The van der Waals surface area contributed by atoms with E-state index in [9.17, 15) is 20.1 Å². The van der Waals surface area contributed by atoms with Crippen LogP contribution in [0.4, 0.5) is 0 Å². The number of fused-ring (bicyclic) bond motifs is 1. The Balaban J connectivity index is 1.77. The van der Waals surface area contributed by atoms with Crippen LogP contribution in [-0.2, 0) is 4.79 Å². The van der Waals surface area contributed by atoms with Gasteiger partial charge in [-0.15, -0.1) is 0 Å². The summed E-state index contributed by atoms with van der Waals surface area (Å²) in [6.45, 7) is 2.48. The zero-order chi connectivity index (χ0) is 16.6. The van der Waals surface area contributed by atoms with Crippen molar-refractivity contribution in [2.24, 2.45) is 0 Å². The first-order valence-corrected chi connectivity index (χ1v) is 7.75. The van der Waals surface area contributed by atoms with E-state index in [1.54, 1.807) is 0 Å². The van der Waals surface area contributed by atoms with E-state index >= 15 is 0 Å². The van der Waals surface area contributed by atoms with Gasteiger partial charge in [0.15, 0.2) is 0 Å². The van der Waals surface area contributed by atoms with Crippen molar-refractivity contribution in [3.05, 3.63) is 41.0 Å². The van der Waals surface area contributed by atoms with Gasteiger partial charge in [0.2, 0.25) is 5.91 Å². The second-order valence-electron chi connectivity index (χ2n) is 6.10. The van der Waals surface area contributed by atoms with Crippen molar-refractivity contribution < 1.29 is 24.9 Å². The summed E-state index contributed by atoms with van der Waals surface area (Å²) in [5.41, 5.74) is 2.24. The largest absolute Gasteiger partial charge is 0.493 e. The van der Waals surface area contributed by atoms with Gasteiger partial charge < -0.3 is 25.4 Å². The molecule has 0 saturated carbocycles. The summed E-state index contributed by atoms with van der Waals surface area (Å²) in [5.74, 6) is 0.464. The van der Waals surface area contributed by atoms with Gasteiger partial charge in [0.05, 0.1) is 18.8 Å². The quantitative estimate of drug-likeness (QED) is 0.630. The van der Waals surface area contributed by atoms with Crippen molar-refractivity contribution in [1.29, 1.82) is 0 Å². The number of ether oxygens (including phenoxy) is 1. The third-order valence-electron chi connectivity index (χ3n) is 4.41. The van der Waals surface area contributed by atoms with Gasteiger partial charge in [0.1, 0.15) is 18.0 Å². The maximum atomic E-state index is 12.4. The van der Waals surface area contributed by atoms with Gasteiger partial charge in [-0.05, 0) is 18.6 Å². The zero-order valence-electron chi connectivity index (χ0n) is 12.9. The van der Waals surface area contributed by atoms with Crippen molar-refractivity contribution in [2.75, 3.05) is 6.61 Å². The summed E-state index contributed by atoms with van der Waals surface area (Å²) < 4.78 is 5.68. The van der Waals surface area contributed by atoms with Crippen molar-refractivity contribution in [3.63, 3.8) is 0 Å². The monoisotopic (exact) mass is 319 g/mol. The molecule has 1 aliphatic carbocycles. The van der Waals surface area contributed by atoms with Gasteiger partial charge in [-0.2, -0.15) is 0 Å². The number of para-hydroxylation sites is 1. The highest BCUT2D eigenvalue weighted by atomic mass is 16.5. The van der Waals surface area contributed by atoms with Gasteiger partial charge in [-0.25, -0.2) is 0 Å². The summed E-state index contributed by atoms with van der Waals surface area (Å²) in [4.78, 5) is 12.4. The zero-order valence-corrected chi connectivity index (χ0v) is 12.9. The average molecular weight is 319 g/mol. The molecule has 2 aliphatic rings. The maximum absolute atomic E-state index is 12.4. The third-order valence-corrected chi connectivity index (χ3v) is 4.41. The molecular weight excluding hydrogens is 298 g/mol. The molecule has 0 bridgehead atoms. The van der Waals surface area contributed by atoms with Crippen LogP contribution in [0.3, 0.4) is 0 Å². The Morgan fingerprint density at radius 3 is 2.83 bits per heavy atom. The Morgan fingerprint density at radius 1 is 1.30 bits per heavy atom. The molecule has 0 fully saturated rings. The molecule has 1 aromatic carbocycles. The van der Waals surface area contributed by atoms with E-state index in [1.165, 1.54) is 6.08 Å². The fourth-order valence-corrected chi connectivity index (χ4v) is 3.10. The van der Waals surface area contributed by atoms with Crippen LogP contribution >= 0.6 is 0 Å². The smallest absolute Gasteiger partial charge is 0.247 e. The molecule has 1 aliphatic heterocycles. The van der Waals surface area contributed by atoms with Crippen LogP contribution in [0, 0.1) is 6.92 Å². The number of rotatable bonds is 2. The SMILES string of the molecule is Cc1cccc2c1OCC[C@H]2NC(=O)C1=C[C@@H](O)[C@@H](O)[C@H](O)C1. The van der Waals surface area contributed by atoms with Crippen LogP contribution < -0.4 is 10.1 Å². The number of hydrogen-bond donors (Lipinski definition) is 4. The van der Waals surface area contributed by atoms with Crippen molar-refractivity contribution >= 4 is 5.91 Å². The molecule has 4 atom stereocenters. The second kappa shape index (κ2) is 6.31. The minimum absolute atomic E-state index is 0.0218. The fourth-order valence-electron chi connectivity index (χ4n) is 3.10. The highest BCUT2D eigenvalue weighted by Gasteiger charge is 2.33. The standard InChI is InChI=1S/C17H21NO5/c1-9-3-2-4-11-12(5-6-23-16(9)11)18-17(22)10-7-13(19)15(21)14(20)8-10/h2-4,7,12-15,19-21H,5-6,8H2,1H3,(H,18,22)/t12-,13-,14-,15-/m1/s1. The summed E-state index contributed by atoms with van der Waals surface area (Å²) >= 11 is 0. The van der Waals surface area contributed by atoms with Crippen LogP contribution in [-0.4, -0.2) is 46.1 Å². The molecular formula is C17H21NO5. The lowest BCUT2D eigenvalue weighted by Crippen LogP contribution is -2.43. The van der Waals surface area contributed by atoms with Gasteiger partial charge >= 0.3 is 0 Å². The first kappa shape index (κ1) is 16.0. The number of carbonyl (C=O) groups is 1. The summed E-state index contributed by atoms with van der Waals surface area (Å²) in [7, 11) is 0. The summed E-state index contributed by atoms with van der Waals surface area (Å²) in [6.07, 6.45) is -1.64. The lowest BCUT2D eigenvalue weighted by atomic mass is 9.91. The molecule has 0 spiro atoms. The molecule has 0 aromatic heterocycles. The minimum Gasteiger partial charge on any atom is -0.493 e. The molecule has 1 aromatic rings. The normalized spacial score (nSPS) is 30.0. The Labute approximate surface area is 134 Å². The van der Waals surface area contributed by atoms with Crippen LogP contribution in [0.1, 0.15) is 30.0 Å². The molecule has 0 radical (unpaired) electrons. The lowest BCUT2D eigenvalue weighted by Gasteiger charge is -2.30. The number of amides is 1. The number of aryl methyl sites for hydroxylation is 1. The summed E-state index contributed by atoms with van der Waals surface area (Å²) in [6, 6.07) is 5.63. The van der Waals surface area contributed by atoms with Crippen LogP contribution in [0.5, 0.6) is 5.75 Å². The fraction of sp³-hybridized carbons (Fsp3) is 0.471. The van der Waals surface area contributed by atoms with Crippen LogP contribution in [0.2, 0.25) is 0 Å². The van der Waals surface area contributed by atoms with Crippen molar-refractivity contribution in [2.45, 2.75) is 44.1 Å². The molecule has 0 unspecified atom stereocenters. The van der Waals surface area contributed by atoms with Crippen molar-refractivity contribution in [1.82, 2.24) is 5.32 Å². The molecule has 23 heavy (non-hydrogen) atoms. The minimum atomic E-state index is -1.25.